The fourth-order valence-electron chi connectivity index (χ4n) is 7.63. The zero-order valence-electron chi connectivity index (χ0n) is 36.8. The highest BCUT2D eigenvalue weighted by atomic mass is 32.2. The molecule has 13 nitrogen and oxygen atoms in total. The highest BCUT2D eigenvalue weighted by molar-refractivity contribution is 7.99. The Hall–Kier alpha value is -5.90. The molecule has 0 radical (unpaired) electrons. The second-order valence-electron chi connectivity index (χ2n) is 16.3. The molecular weight excluding hydrogens is 837 g/mol. The normalized spacial score (nSPS) is 13.6. The number of hydrogen-bond acceptors (Lipinski definition) is 11. The van der Waals surface area contributed by atoms with E-state index >= 15 is 8.42 Å². The van der Waals surface area contributed by atoms with Crippen LogP contribution in [0.1, 0.15) is 61.8 Å². The van der Waals surface area contributed by atoms with Crippen LogP contribution in [0, 0.1) is 0 Å². The van der Waals surface area contributed by atoms with Crippen LogP contribution < -0.4 is 14.2 Å². The van der Waals surface area contributed by atoms with Crippen molar-refractivity contribution in [3.63, 3.8) is 0 Å². The second kappa shape index (κ2) is 19.7. The first-order valence-electron chi connectivity index (χ1n) is 20.7. The average molecular weight is 891 g/mol. The maximum Gasteiger partial charge on any atom is 0.410 e. The van der Waals surface area contributed by atoms with Crippen molar-refractivity contribution in [3.8, 4) is 39.8 Å². The number of amides is 1. The topological polar surface area (TPSA) is 138 Å². The molecule has 1 amide bonds. The average Bonchev–Trinajstić information content (AvgIpc) is 3.76. The third kappa shape index (κ3) is 10.8. The molecular formula is C48H54N6O7S2. The van der Waals surface area contributed by atoms with Gasteiger partial charge < -0.3 is 23.8 Å². The van der Waals surface area contributed by atoms with E-state index in [0.717, 1.165) is 46.4 Å². The molecule has 7 rings (SSSR count). The van der Waals surface area contributed by atoms with Gasteiger partial charge in [-0.15, -0.1) is 22.0 Å². The van der Waals surface area contributed by atoms with Crippen LogP contribution in [0.15, 0.2) is 119 Å². The molecule has 0 spiro atoms. The number of tetrazole rings is 1. The zero-order chi connectivity index (χ0) is 44.7. The van der Waals surface area contributed by atoms with Crippen LogP contribution in [0.3, 0.4) is 0 Å². The summed E-state index contributed by atoms with van der Waals surface area (Å²) >= 11 is 1.34. The first-order valence-corrected chi connectivity index (χ1v) is 23.4. The van der Waals surface area contributed by atoms with Crippen molar-refractivity contribution in [2.75, 3.05) is 40.7 Å². The van der Waals surface area contributed by atoms with E-state index in [2.05, 4.69) is 22.4 Å². The molecule has 1 aromatic heterocycles. The summed E-state index contributed by atoms with van der Waals surface area (Å²) in [6.45, 7) is 7.29. The van der Waals surface area contributed by atoms with Gasteiger partial charge in [0.15, 0.2) is 0 Å². The van der Waals surface area contributed by atoms with Gasteiger partial charge in [0.2, 0.25) is 15.8 Å². The molecule has 0 atom stereocenters. The largest absolute Gasteiger partial charge is 0.497 e. The van der Waals surface area contributed by atoms with Crippen LogP contribution in [-0.4, -0.2) is 90.2 Å². The number of ether oxygens (including phenoxy) is 4. The molecule has 1 fully saturated rings. The molecule has 1 aliphatic rings. The molecule has 1 saturated heterocycles. The van der Waals surface area contributed by atoms with Gasteiger partial charge in [-0.2, -0.15) is 9.10 Å². The monoisotopic (exact) mass is 890 g/mol. The van der Waals surface area contributed by atoms with Gasteiger partial charge in [-0.1, -0.05) is 66.7 Å². The van der Waals surface area contributed by atoms with Gasteiger partial charge in [0.05, 0.1) is 33.4 Å². The molecule has 5 aromatic carbocycles. The molecule has 2 heterocycles. The Kier molecular flexibility index (Phi) is 14.1. The van der Waals surface area contributed by atoms with Crippen molar-refractivity contribution in [2.24, 2.45) is 0 Å². The summed E-state index contributed by atoms with van der Waals surface area (Å²) in [5, 5.41) is 13.8. The Morgan fingerprint density at radius 3 is 1.76 bits per heavy atom. The highest BCUT2D eigenvalue weighted by Gasteiger charge is 2.34. The summed E-state index contributed by atoms with van der Waals surface area (Å²) in [4.78, 5) is 16.7. The van der Waals surface area contributed by atoms with Gasteiger partial charge in [0.25, 0.3) is 0 Å². The fourth-order valence-corrected chi connectivity index (χ4v) is 10.4. The van der Waals surface area contributed by atoms with Gasteiger partial charge in [0.1, 0.15) is 27.7 Å². The van der Waals surface area contributed by atoms with Crippen LogP contribution in [0.2, 0.25) is 0 Å². The number of thioether (sulfide) groups is 1. The standard InChI is InChI=1S/C48H54N6O7S2/c1-48(2,3)61-47(55)52-28-26-37(27-29-52)36-14-16-38(17-15-36)42-24-25-43(62-7)45(44(42)46-49-51-54(50-46)32-35-12-22-41(60-6)23-13-35)63(56,57)53(30-33-8-18-39(58-4)19-9-33)31-34-10-20-40(59-5)21-11-34/h8-25,37H,26-32H2,1-7H3. The molecule has 330 valence electrons. The molecule has 0 saturated carbocycles. The number of methoxy groups -OCH3 is 3. The van der Waals surface area contributed by atoms with Gasteiger partial charge in [0, 0.05) is 31.1 Å². The van der Waals surface area contributed by atoms with E-state index in [1.165, 1.54) is 20.9 Å². The van der Waals surface area contributed by atoms with Crippen molar-refractivity contribution < 1.29 is 32.2 Å². The number of hydrogen-bond donors (Lipinski definition) is 0. The van der Waals surface area contributed by atoms with Crippen molar-refractivity contribution in [1.82, 2.24) is 29.4 Å². The number of piperidine rings is 1. The van der Waals surface area contributed by atoms with E-state index in [0.29, 0.717) is 47.2 Å². The Balaban J connectivity index is 1.30. The van der Waals surface area contributed by atoms with E-state index < -0.39 is 15.6 Å². The Labute approximate surface area is 374 Å². The van der Waals surface area contributed by atoms with Gasteiger partial charge in [-0.25, -0.2) is 13.2 Å². The lowest BCUT2D eigenvalue weighted by Crippen LogP contribution is -2.41. The summed E-state index contributed by atoms with van der Waals surface area (Å²) in [7, 11) is 0.501. The van der Waals surface area contributed by atoms with E-state index in [9.17, 15) is 4.79 Å². The maximum absolute atomic E-state index is 15.6. The molecule has 15 heteroatoms. The predicted octanol–water partition coefficient (Wildman–Crippen LogP) is 9.31. The molecule has 6 aromatic rings. The third-order valence-corrected chi connectivity index (χ3v) is 13.8. The summed E-state index contributed by atoms with van der Waals surface area (Å²) in [5.41, 5.74) is 4.88. The first kappa shape index (κ1) is 45.1. The van der Waals surface area contributed by atoms with Crippen molar-refractivity contribution in [1.29, 1.82) is 0 Å². The molecule has 0 unspecified atom stereocenters. The molecule has 63 heavy (non-hydrogen) atoms. The Morgan fingerprint density at radius 1 is 0.746 bits per heavy atom. The number of carbonyl (C=O) groups is 1. The number of rotatable bonds is 15. The minimum atomic E-state index is -4.31. The van der Waals surface area contributed by atoms with Gasteiger partial charge in [-0.05, 0) is 127 Å². The van der Waals surface area contributed by atoms with E-state index in [1.54, 1.807) is 26.2 Å². The SMILES string of the molecule is COc1ccc(CN(Cc2ccc(OC)cc2)S(=O)(=O)c2c(SC)ccc(-c3ccc(C4CCN(C(=O)OC(C)(C)C)CC4)cc3)c2-c2nnn(Cc3ccc(OC)cc3)n2)cc1. The van der Waals surface area contributed by atoms with Gasteiger partial charge >= 0.3 is 6.09 Å². The lowest BCUT2D eigenvalue weighted by Gasteiger charge is -2.33. The quantitative estimate of drug-likeness (QED) is 0.0912. The number of likely N-dealkylation sites (tertiary alicyclic amines) is 1. The lowest BCUT2D eigenvalue weighted by molar-refractivity contribution is 0.0204. The number of aromatic nitrogens is 4. The molecule has 0 aliphatic carbocycles. The van der Waals surface area contributed by atoms with Crippen LogP contribution in [0.5, 0.6) is 17.2 Å². The third-order valence-electron chi connectivity index (χ3n) is 11.0. The Morgan fingerprint density at radius 2 is 1.27 bits per heavy atom. The van der Waals surface area contributed by atoms with Crippen LogP contribution in [0.4, 0.5) is 4.79 Å². The number of benzene rings is 5. The minimum absolute atomic E-state index is 0.0782. The number of nitrogens with zero attached hydrogens (tertiary/aromatic N) is 6. The predicted molar refractivity (Wildman–Crippen MR) is 245 cm³/mol. The number of carbonyl (C=O) groups excluding carboxylic acids is 1. The lowest BCUT2D eigenvalue weighted by atomic mass is 9.88. The van der Waals surface area contributed by atoms with Crippen LogP contribution >= 0.6 is 11.8 Å². The summed E-state index contributed by atoms with van der Waals surface area (Å²) in [6, 6.07) is 34.4. The molecule has 1 aliphatic heterocycles. The summed E-state index contributed by atoms with van der Waals surface area (Å²) in [6.07, 6.45) is 3.18. The van der Waals surface area contributed by atoms with Crippen molar-refractivity contribution in [2.45, 2.75) is 74.6 Å². The van der Waals surface area contributed by atoms with Crippen molar-refractivity contribution >= 4 is 27.9 Å². The highest BCUT2D eigenvalue weighted by Crippen LogP contribution is 2.43. The molecule has 0 bridgehead atoms. The van der Waals surface area contributed by atoms with E-state index in [1.807, 2.05) is 124 Å². The summed E-state index contributed by atoms with van der Waals surface area (Å²) < 4.78 is 54.6. The van der Waals surface area contributed by atoms with Gasteiger partial charge in [-0.3, -0.25) is 0 Å². The molecule has 0 N–H and O–H groups in total. The van der Waals surface area contributed by atoms with Crippen LogP contribution in [-0.2, 0) is 34.4 Å². The van der Waals surface area contributed by atoms with Crippen molar-refractivity contribution in [3.05, 3.63) is 131 Å². The number of sulfonamides is 1. The minimum Gasteiger partial charge on any atom is -0.497 e. The Bertz CT molecular complexity index is 2540. The zero-order valence-corrected chi connectivity index (χ0v) is 38.4. The summed E-state index contributed by atoms with van der Waals surface area (Å²) in [5.74, 6) is 2.50. The van der Waals surface area contributed by atoms with E-state index in [-0.39, 0.29) is 35.8 Å². The van der Waals surface area contributed by atoms with Crippen LogP contribution in [0.25, 0.3) is 22.5 Å². The fraction of sp³-hybridized carbons (Fsp3) is 0.333. The van der Waals surface area contributed by atoms with E-state index in [4.69, 9.17) is 24.0 Å². The first-order chi connectivity index (χ1) is 30.3. The smallest absolute Gasteiger partial charge is 0.410 e. The maximum atomic E-state index is 15.6. The second-order valence-corrected chi connectivity index (χ2v) is 19.1.